The molecule has 0 aliphatic carbocycles. The number of amides is 2. The zero-order valence-electron chi connectivity index (χ0n) is 20.6. The van der Waals surface area contributed by atoms with Gasteiger partial charge in [0, 0.05) is 42.7 Å². The summed E-state index contributed by atoms with van der Waals surface area (Å²) in [4.78, 5) is 33.8. The monoisotopic (exact) mass is 521 g/mol. The first-order valence-corrected chi connectivity index (χ1v) is 13.4. The summed E-state index contributed by atoms with van der Waals surface area (Å²) in [6, 6.07) is 13.7. The van der Waals surface area contributed by atoms with Crippen molar-refractivity contribution >= 4 is 23.2 Å². The molecule has 2 atom stereocenters. The quantitative estimate of drug-likeness (QED) is 0.521. The lowest BCUT2D eigenvalue weighted by atomic mass is 9.93. The van der Waals surface area contributed by atoms with Gasteiger partial charge in [-0.2, -0.15) is 0 Å². The Bertz CT molecular complexity index is 1340. The smallest absolute Gasteiger partial charge is 0.254 e. The molecule has 0 spiro atoms. The number of carbonyl (C=O) groups excluding carboxylic acids is 2. The number of halogens is 1. The summed E-state index contributed by atoms with van der Waals surface area (Å²) in [7, 11) is 0. The van der Waals surface area contributed by atoms with Crippen molar-refractivity contribution in [3.05, 3.63) is 81.3 Å². The van der Waals surface area contributed by atoms with Gasteiger partial charge in [0.25, 0.3) is 5.91 Å². The maximum atomic E-state index is 14.1. The van der Waals surface area contributed by atoms with Crippen molar-refractivity contribution in [1.29, 1.82) is 0 Å². The van der Waals surface area contributed by atoms with Crippen molar-refractivity contribution in [2.75, 3.05) is 39.5 Å². The predicted molar refractivity (Wildman–Crippen MR) is 137 cm³/mol. The molecule has 4 heterocycles. The minimum absolute atomic E-state index is 0.0297. The highest BCUT2D eigenvalue weighted by Gasteiger charge is 2.35. The van der Waals surface area contributed by atoms with Crippen LogP contribution in [0.2, 0.25) is 0 Å². The summed E-state index contributed by atoms with van der Waals surface area (Å²) >= 11 is 1.72. The van der Waals surface area contributed by atoms with Crippen LogP contribution in [0.4, 0.5) is 4.39 Å². The van der Waals surface area contributed by atoms with Crippen molar-refractivity contribution in [2.24, 2.45) is 0 Å². The van der Waals surface area contributed by atoms with Gasteiger partial charge in [-0.25, -0.2) is 4.39 Å². The summed E-state index contributed by atoms with van der Waals surface area (Å²) in [5, 5.41) is 2.07. The van der Waals surface area contributed by atoms with E-state index in [1.54, 1.807) is 41.7 Å². The number of fused-ring (bicyclic) bond motifs is 2. The van der Waals surface area contributed by atoms with Gasteiger partial charge in [0.1, 0.15) is 5.82 Å². The van der Waals surface area contributed by atoms with E-state index < -0.39 is 0 Å². The molecule has 192 valence electrons. The number of ether oxygens (including phenoxy) is 2. The van der Waals surface area contributed by atoms with E-state index in [1.165, 1.54) is 10.9 Å². The Labute approximate surface area is 219 Å². The second-order valence-electron chi connectivity index (χ2n) is 9.73. The van der Waals surface area contributed by atoms with Gasteiger partial charge in [-0.3, -0.25) is 14.5 Å². The molecule has 1 aromatic heterocycles. The van der Waals surface area contributed by atoms with E-state index in [4.69, 9.17) is 9.47 Å². The summed E-state index contributed by atoms with van der Waals surface area (Å²) in [5.41, 5.74) is 2.57. The molecule has 2 unspecified atom stereocenters. The molecule has 0 N–H and O–H groups in total. The Morgan fingerprint density at radius 2 is 1.92 bits per heavy atom. The van der Waals surface area contributed by atoms with Crippen molar-refractivity contribution in [3.63, 3.8) is 0 Å². The average molecular weight is 522 g/mol. The van der Waals surface area contributed by atoms with Crippen LogP contribution in [0.15, 0.2) is 53.9 Å². The number of carbonyl (C=O) groups is 2. The summed E-state index contributed by atoms with van der Waals surface area (Å²) < 4.78 is 24.9. The van der Waals surface area contributed by atoms with E-state index in [-0.39, 0.29) is 43.1 Å². The zero-order chi connectivity index (χ0) is 25.5. The molecule has 2 aromatic carbocycles. The van der Waals surface area contributed by atoms with Crippen LogP contribution in [0.25, 0.3) is 0 Å². The molecule has 3 aromatic rings. The molecule has 2 amide bonds. The lowest BCUT2D eigenvalue weighted by Gasteiger charge is -2.42. The normalized spacial score (nSPS) is 21.1. The van der Waals surface area contributed by atoms with E-state index in [0.717, 1.165) is 24.1 Å². The third kappa shape index (κ3) is 4.57. The van der Waals surface area contributed by atoms with Crippen LogP contribution in [-0.2, 0) is 11.2 Å². The van der Waals surface area contributed by atoms with Crippen LogP contribution < -0.4 is 9.47 Å². The van der Waals surface area contributed by atoms with Crippen LogP contribution in [0.3, 0.4) is 0 Å². The van der Waals surface area contributed by atoms with Crippen molar-refractivity contribution in [2.45, 2.75) is 25.4 Å². The molecule has 6 rings (SSSR count). The van der Waals surface area contributed by atoms with Crippen LogP contribution in [0, 0.1) is 5.82 Å². The number of thiophene rings is 1. The molecule has 1 fully saturated rings. The third-order valence-electron chi connectivity index (χ3n) is 7.43. The summed E-state index contributed by atoms with van der Waals surface area (Å²) in [6.45, 7) is 4.52. The van der Waals surface area contributed by atoms with Crippen molar-refractivity contribution in [3.8, 4) is 11.5 Å². The Morgan fingerprint density at radius 1 is 1.05 bits per heavy atom. The first kappa shape index (κ1) is 23.9. The fraction of sp³-hybridized carbons (Fsp3) is 0.357. The van der Waals surface area contributed by atoms with Crippen LogP contribution in [-0.4, -0.2) is 72.1 Å². The summed E-state index contributed by atoms with van der Waals surface area (Å²) in [5.74, 6) is 0.898. The molecule has 7 nitrogen and oxygen atoms in total. The molecule has 0 bridgehead atoms. The topological polar surface area (TPSA) is 62.3 Å². The Morgan fingerprint density at radius 3 is 2.76 bits per heavy atom. The number of nitrogens with zero attached hydrogens (tertiary/aromatic N) is 3. The average Bonchev–Trinajstić information content (AvgIpc) is 3.57. The number of benzene rings is 2. The number of rotatable bonds is 4. The van der Waals surface area contributed by atoms with Crippen LogP contribution >= 0.6 is 11.3 Å². The van der Waals surface area contributed by atoms with Gasteiger partial charge in [0.15, 0.2) is 11.5 Å². The van der Waals surface area contributed by atoms with E-state index in [9.17, 15) is 14.0 Å². The molecule has 3 aliphatic heterocycles. The minimum Gasteiger partial charge on any atom is -0.454 e. The van der Waals surface area contributed by atoms with Gasteiger partial charge in [0.05, 0.1) is 12.6 Å². The molecule has 0 saturated carbocycles. The van der Waals surface area contributed by atoms with Crippen LogP contribution in [0.5, 0.6) is 11.5 Å². The number of piperazine rings is 1. The number of hydrogen-bond acceptors (Lipinski definition) is 6. The minimum atomic E-state index is -0.275. The molecule has 1 saturated heterocycles. The molecule has 9 heteroatoms. The van der Waals surface area contributed by atoms with E-state index in [0.29, 0.717) is 36.7 Å². The SMILES string of the molecule is CC1CN(C(=O)CN2CCc3sccc3C2c2cccc(F)c2)CCN1C(=O)c1ccc2c(c1)OCO2. The molecule has 0 radical (unpaired) electrons. The van der Waals surface area contributed by atoms with Crippen molar-refractivity contribution in [1.82, 2.24) is 14.7 Å². The predicted octanol–water partition coefficient (Wildman–Crippen LogP) is 3.94. The van der Waals surface area contributed by atoms with Gasteiger partial charge >= 0.3 is 0 Å². The van der Waals surface area contributed by atoms with Crippen molar-refractivity contribution < 1.29 is 23.5 Å². The fourth-order valence-corrected chi connectivity index (χ4v) is 6.46. The number of hydrogen-bond donors (Lipinski definition) is 0. The highest BCUT2D eigenvalue weighted by Crippen LogP contribution is 2.38. The van der Waals surface area contributed by atoms with Gasteiger partial charge in [-0.05, 0) is 66.2 Å². The highest BCUT2D eigenvalue weighted by molar-refractivity contribution is 7.10. The Balaban J connectivity index is 1.14. The maximum Gasteiger partial charge on any atom is 0.254 e. The van der Waals surface area contributed by atoms with Crippen LogP contribution in [0.1, 0.15) is 39.3 Å². The van der Waals surface area contributed by atoms with E-state index >= 15 is 0 Å². The first-order chi connectivity index (χ1) is 18.0. The third-order valence-corrected chi connectivity index (χ3v) is 8.43. The molecule has 3 aliphatic rings. The molecular formula is C28H28FN3O4S. The largest absolute Gasteiger partial charge is 0.454 e. The maximum absolute atomic E-state index is 14.1. The summed E-state index contributed by atoms with van der Waals surface area (Å²) in [6.07, 6.45) is 0.875. The lowest BCUT2D eigenvalue weighted by Crippen LogP contribution is -2.57. The lowest BCUT2D eigenvalue weighted by molar-refractivity contribution is -0.135. The van der Waals surface area contributed by atoms with Gasteiger partial charge in [0.2, 0.25) is 12.7 Å². The second kappa shape index (κ2) is 9.79. The van der Waals surface area contributed by atoms with Gasteiger partial charge in [-0.1, -0.05) is 12.1 Å². The molecule has 37 heavy (non-hydrogen) atoms. The first-order valence-electron chi connectivity index (χ1n) is 12.5. The molecular weight excluding hydrogens is 493 g/mol. The highest BCUT2D eigenvalue weighted by atomic mass is 32.1. The van der Waals surface area contributed by atoms with E-state index in [1.807, 2.05) is 22.8 Å². The Hall–Kier alpha value is -3.43. The van der Waals surface area contributed by atoms with Gasteiger partial charge < -0.3 is 19.3 Å². The van der Waals surface area contributed by atoms with Gasteiger partial charge in [-0.15, -0.1) is 11.3 Å². The standard InChI is InChI=1S/C28H28FN3O4S/c1-18-15-30(10-11-32(18)28(34)20-5-6-23-24(14-20)36-17-35-23)26(33)16-31-9-7-25-22(8-12-37-25)27(31)19-3-2-4-21(29)13-19/h2-6,8,12-14,18,27H,7,9-11,15-17H2,1H3. The second-order valence-corrected chi connectivity index (χ2v) is 10.7. The van der Waals surface area contributed by atoms with E-state index in [2.05, 4.69) is 16.3 Å². The fourth-order valence-electron chi connectivity index (χ4n) is 5.56. The zero-order valence-corrected chi connectivity index (χ0v) is 21.4. The Kier molecular flexibility index (Phi) is 6.34.